The van der Waals surface area contributed by atoms with Gasteiger partial charge in [-0.25, -0.2) is 0 Å². The first-order chi connectivity index (χ1) is 0. The first kappa shape index (κ1) is 95.4. The summed E-state index contributed by atoms with van der Waals surface area (Å²) >= 11 is 0. The topological polar surface area (TPSA) is 0 Å². The molecule has 0 amide bonds. The Labute approximate surface area is 65.5 Å². The molecule has 0 saturated carbocycles. The van der Waals surface area contributed by atoms with Crippen molar-refractivity contribution in [2.45, 2.75) is 14.9 Å². The smallest absolute Gasteiger partial charge is 0 e. The van der Waals surface area contributed by atoms with Crippen LogP contribution in [-0.2, 0) is 0 Å². The molecule has 0 heterocycles. The molecule has 0 aromatic heterocycles. The van der Waals surface area contributed by atoms with Crippen LogP contribution < -0.4 is 24.8 Å². The Bertz CT molecular complexity index is 11.5. The maximum absolute atomic E-state index is 0. The second-order valence-corrected chi connectivity index (χ2v) is 0. The molecule has 0 aromatic rings. The van der Waals surface area contributed by atoms with Gasteiger partial charge >= 0.3 is 0 Å². The van der Waals surface area contributed by atoms with Crippen molar-refractivity contribution in [3.05, 3.63) is 0 Å². The monoisotopic (exact) mass is 225 g/mol. The Morgan fingerprint density at radius 3 is 0.800 bits per heavy atom. The SMILES string of the molecule is C.C.[Cl-].[Cl-].[HH].[Sb]. The van der Waals surface area contributed by atoms with Gasteiger partial charge in [0.15, 0.2) is 0 Å². The third-order valence-corrected chi connectivity index (χ3v) is 0. The van der Waals surface area contributed by atoms with E-state index in [9.17, 15) is 0 Å². The number of halogens is 2. The van der Waals surface area contributed by atoms with Gasteiger partial charge in [-0.2, -0.15) is 0 Å². The van der Waals surface area contributed by atoms with E-state index < -0.39 is 0 Å². The minimum atomic E-state index is 0. The predicted octanol–water partition coefficient (Wildman–Crippen LogP) is -4.85. The van der Waals surface area contributed by atoms with Crippen molar-refractivity contribution in [1.82, 2.24) is 0 Å². The summed E-state index contributed by atoms with van der Waals surface area (Å²) in [4.78, 5) is 0. The normalized spacial score (nSPS) is 0. The van der Waals surface area contributed by atoms with Crippen molar-refractivity contribution in [1.29, 1.82) is 0 Å². The summed E-state index contributed by atoms with van der Waals surface area (Å²) in [7, 11) is 0. The van der Waals surface area contributed by atoms with Gasteiger partial charge in [0.05, 0.1) is 0 Å². The second kappa shape index (κ2) is 53.4. The van der Waals surface area contributed by atoms with Crippen molar-refractivity contribution in [2.75, 3.05) is 0 Å². The van der Waals surface area contributed by atoms with Crippen LogP contribution in [0.1, 0.15) is 16.3 Å². The van der Waals surface area contributed by atoms with E-state index in [0.717, 1.165) is 0 Å². The molecule has 0 saturated heterocycles. The van der Waals surface area contributed by atoms with Crippen LogP contribution in [0.25, 0.3) is 0 Å². The van der Waals surface area contributed by atoms with Crippen LogP contribution in [0, 0.1) is 0 Å². The van der Waals surface area contributed by atoms with E-state index in [0.29, 0.717) is 0 Å². The average molecular weight is 227 g/mol. The van der Waals surface area contributed by atoms with E-state index in [1.165, 1.54) is 0 Å². The molecule has 0 nitrogen and oxygen atoms in total. The zero-order valence-electron chi connectivity index (χ0n) is 1.20. The Kier molecular flexibility index (Phi) is 1020. The molecule has 0 aliphatic rings. The molecule has 3 heteroatoms. The fraction of sp³-hybridized carbons (Fsp3) is 1.00. The van der Waals surface area contributed by atoms with E-state index in [-0.39, 0.29) is 65.5 Å². The molecule has 0 spiro atoms. The summed E-state index contributed by atoms with van der Waals surface area (Å²) in [5.74, 6) is 0. The molecule has 0 aliphatic heterocycles. The summed E-state index contributed by atoms with van der Waals surface area (Å²) < 4.78 is 0. The summed E-state index contributed by atoms with van der Waals surface area (Å²) in [5, 5.41) is 0. The van der Waals surface area contributed by atoms with Crippen LogP contribution in [0.3, 0.4) is 0 Å². The molecular weight excluding hydrogens is 217 g/mol. The molecular formula is C2H10Cl2Sb-2. The maximum atomic E-state index is 0. The van der Waals surface area contributed by atoms with Gasteiger partial charge < -0.3 is 24.8 Å². The van der Waals surface area contributed by atoms with Gasteiger partial charge in [-0.15, -0.1) is 0 Å². The van der Waals surface area contributed by atoms with E-state index >= 15 is 0 Å². The second-order valence-electron chi connectivity index (χ2n) is 0. The molecule has 0 N–H and O–H groups in total. The molecule has 0 aliphatic carbocycles. The quantitative estimate of drug-likeness (QED) is 0.364. The van der Waals surface area contributed by atoms with E-state index in [1.54, 1.807) is 0 Å². The molecule has 5 heavy (non-hydrogen) atoms. The van der Waals surface area contributed by atoms with Crippen LogP contribution in [0.2, 0.25) is 0 Å². The number of rotatable bonds is 0. The molecule has 39 valence electrons. The Balaban J connectivity index is 0. The van der Waals surface area contributed by atoms with Crippen LogP contribution in [0.4, 0.5) is 0 Å². The van der Waals surface area contributed by atoms with Crippen LogP contribution in [0.5, 0.6) is 0 Å². The zero-order valence-corrected chi connectivity index (χ0v) is 5.27. The molecule has 0 fully saturated rings. The molecule has 3 radical (unpaired) electrons. The molecule has 0 bridgehead atoms. The van der Waals surface area contributed by atoms with Crippen molar-refractivity contribution >= 4 is 24.4 Å². The van der Waals surface area contributed by atoms with Crippen LogP contribution >= 0.6 is 0 Å². The molecule has 0 aromatic carbocycles. The van der Waals surface area contributed by atoms with Crippen LogP contribution in [-0.4, -0.2) is 24.4 Å². The molecule has 0 unspecified atom stereocenters. The van der Waals surface area contributed by atoms with Crippen molar-refractivity contribution in [2.24, 2.45) is 0 Å². The van der Waals surface area contributed by atoms with E-state index in [2.05, 4.69) is 0 Å². The van der Waals surface area contributed by atoms with Crippen molar-refractivity contribution in [3.63, 3.8) is 0 Å². The largest absolute Gasteiger partial charge is 1.00 e. The van der Waals surface area contributed by atoms with E-state index in [1.807, 2.05) is 0 Å². The average Bonchev–Trinajstić information content (AvgIpc) is 0. The maximum Gasteiger partial charge on any atom is 0 e. The predicted molar refractivity (Wildman–Crippen MR) is 21.3 cm³/mol. The molecule has 0 rings (SSSR count). The van der Waals surface area contributed by atoms with Gasteiger partial charge in [-0.1, -0.05) is 14.9 Å². The summed E-state index contributed by atoms with van der Waals surface area (Å²) in [6.07, 6.45) is 0. The van der Waals surface area contributed by atoms with E-state index in [4.69, 9.17) is 0 Å². The minimum absolute atomic E-state index is 0. The summed E-state index contributed by atoms with van der Waals surface area (Å²) in [5.41, 5.74) is 0. The fourth-order valence-corrected chi connectivity index (χ4v) is 0. The first-order valence-electron chi connectivity index (χ1n) is 0. The Hall–Kier alpha value is 1.40. The first-order valence-corrected chi connectivity index (χ1v) is 0. The van der Waals surface area contributed by atoms with Crippen molar-refractivity contribution < 1.29 is 26.2 Å². The zero-order chi connectivity index (χ0) is 0. The van der Waals surface area contributed by atoms with Gasteiger partial charge in [0.1, 0.15) is 0 Å². The Morgan fingerprint density at radius 1 is 0.800 bits per heavy atom. The fourth-order valence-electron chi connectivity index (χ4n) is 0. The number of hydrogen-bond donors (Lipinski definition) is 0. The van der Waals surface area contributed by atoms with Gasteiger partial charge in [-0.3, -0.25) is 0 Å². The Morgan fingerprint density at radius 2 is 0.800 bits per heavy atom. The third kappa shape index (κ3) is 31.9. The third-order valence-electron chi connectivity index (χ3n) is 0. The summed E-state index contributed by atoms with van der Waals surface area (Å²) in [6, 6.07) is 0. The van der Waals surface area contributed by atoms with Gasteiger partial charge in [0.2, 0.25) is 0 Å². The van der Waals surface area contributed by atoms with Crippen molar-refractivity contribution in [3.8, 4) is 0 Å². The van der Waals surface area contributed by atoms with Gasteiger partial charge in [0.25, 0.3) is 0 Å². The minimum Gasteiger partial charge on any atom is -1.00 e. The van der Waals surface area contributed by atoms with Gasteiger partial charge in [-0.05, 0) is 0 Å². The number of hydrogen-bond acceptors (Lipinski definition) is 0. The summed E-state index contributed by atoms with van der Waals surface area (Å²) in [6.45, 7) is 0. The van der Waals surface area contributed by atoms with Crippen LogP contribution in [0.15, 0.2) is 0 Å². The molecule has 0 atom stereocenters. The standard InChI is InChI=1S/2CH4.2ClH.Sb.H2/h2*1H4;2*1H;;1H/p-2. The van der Waals surface area contributed by atoms with Gasteiger partial charge in [0, 0.05) is 25.9 Å².